The van der Waals surface area contributed by atoms with E-state index in [2.05, 4.69) is 142 Å². The van der Waals surface area contributed by atoms with Crippen molar-refractivity contribution in [2.45, 2.75) is 322 Å². The van der Waals surface area contributed by atoms with E-state index in [0.29, 0.717) is 19.3 Å². The zero-order chi connectivity index (χ0) is 58.5. The van der Waals surface area contributed by atoms with Crippen molar-refractivity contribution in [3.63, 3.8) is 0 Å². The number of carbonyl (C=O) groups is 3. The van der Waals surface area contributed by atoms with E-state index >= 15 is 0 Å². The van der Waals surface area contributed by atoms with Crippen molar-refractivity contribution in [3.05, 3.63) is 122 Å². The molecule has 6 heteroatoms. The van der Waals surface area contributed by atoms with Gasteiger partial charge in [-0.1, -0.05) is 290 Å². The summed E-state index contributed by atoms with van der Waals surface area (Å²) in [7, 11) is 0. The molecule has 0 N–H and O–H groups in total. The summed E-state index contributed by atoms with van der Waals surface area (Å²) in [5.41, 5.74) is 0. The van der Waals surface area contributed by atoms with Gasteiger partial charge in [-0.3, -0.25) is 14.4 Å². The van der Waals surface area contributed by atoms with Gasteiger partial charge in [0, 0.05) is 19.3 Å². The molecule has 6 nitrogen and oxygen atoms in total. The highest BCUT2D eigenvalue weighted by atomic mass is 16.6. The van der Waals surface area contributed by atoms with Crippen LogP contribution in [0, 0.1) is 0 Å². The number of esters is 3. The Morgan fingerprint density at radius 2 is 0.481 bits per heavy atom. The minimum atomic E-state index is -0.792. The van der Waals surface area contributed by atoms with Crippen LogP contribution in [0.1, 0.15) is 316 Å². The van der Waals surface area contributed by atoms with Crippen molar-refractivity contribution in [1.29, 1.82) is 0 Å². The lowest BCUT2D eigenvalue weighted by Crippen LogP contribution is -2.30. The number of allylic oxidation sites excluding steroid dienone is 20. The van der Waals surface area contributed by atoms with Gasteiger partial charge in [-0.25, -0.2) is 0 Å². The highest BCUT2D eigenvalue weighted by molar-refractivity contribution is 5.71. The fraction of sp³-hybridized carbons (Fsp3) is 0.693. The molecule has 0 amide bonds. The van der Waals surface area contributed by atoms with Gasteiger partial charge in [0.25, 0.3) is 0 Å². The molecule has 0 aliphatic heterocycles. The molecule has 0 bridgehead atoms. The Morgan fingerprint density at radius 3 is 0.765 bits per heavy atom. The summed E-state index contributed by atoms with van der Waals surface area (Å²) in [6.07, 6.45) is 95.0. The van der Waals surface area contributed by atoms with E-state index in [0.717, 1.165) is 135 Å². The molecule has 0 heterocycles. The summed E-state index contributed by atoms with van der Waals surface area (Å²) in [6.45, 7) is 6.42. The molecule has 0 aliphatic rings. The van der Waals surface area contributed by atoms with Crippen molar-refractivity contribution in [2.75, 3.05) is 13.2 Å². The summed E-state index contributed by atoms with van der Waals surface area (Å²) >= 11 is 0. The molecular weight excluding hydrogens is 997 g/mol. The number of ether oxygens (including phenoxy) is 3. The molecule has 0 aromatic rings. The van der Waals surface area contributed by atoms with Gasteiger partial charge >= 0.3 is 17.9 Å². The van der Waals surface area contributed by atoms with Gasteiger partial charge in [-0.15, -0.1) is 0 Å². The topological polar surface area (TPSA) is 78.9 Å². The van der Waals surface area contributed by atoms with Gasteiger partial charge in [-0.2, -0.15) is 0 Å². The molecule has 81 heavy (non-hydrogen) atoms. The Kier molecular flexibility index (Phi) is 64.8. The van der Waals surface area contributed by atoms with Crippen molar-refractivity contribution in [1.82, 2.24) is 0 Å². The van der Waals surface area contributed by atoms with Crippen molar-refractivity contribution < 1.29 is 28.6 Å². The van der Waals surface area contributed by atoms with Gasteiger partial charge in [0.05, 0.1) is 0 Å². The standard InChI is InChI=1S/C75H126O6/c1-4-7-10-13-16-19-22-25-28-30-32-33-34-35-36-37-38-39-40-41-43-44-47-50-53-56-59-62-65-68-74(77)80-71-72(70-79-73(76)67-64-61-58-55-52-49-46-27-24-21-18-15-12-9-6-3)81-75(78)69-66-63-60-57-54-51-48-45-42-31-29-26-23-20-17-14-11-8-5-2/h7,9-10,12,16,18-19,21,25-29,32-33,35-36,38-39,46,72H,4-6,8,11,13-15,17,20,22-24,30-31,34,37,40-45,47-71H2,1-3H3/b10-7-,12-9-,19-16-,21-18-,28-25-,29-26-,33-32-,36-35-,39-38-,46-27-. The largest absolute Gasteiger partial charge is 0.462 e. The Morgan fingerprint density at radius 1 is 0.259 bits per heavy atom. The molecule has 0 spiro atoms. The predicted octanol–water partition coefficient (Wildman–Crippen LogP) is 23.6. The van der Waals surface area contributed by atoms with E-state index in [-0.39, 0.29) is 31.1 Å². The highest BCUT2D eigenvalue weighted by Crippen LogP contribution is 2.16. The molecule has 0 saturated carbocycles. The Balaban J connectivity index is 4.34. The molecule has 0 aromatic heterocycles. The first kappa shape index (κ1) is 76.8. The number of rotatable bonds is 61. The Hall–Kier alpha value is -4.19. The van der Waals surface area contributed by atoms with E-state index in [1.807, 2.05) is 0 Å². The van der Waals surface area contributed by atoms with E-state index in [1.165, 1.54) is 141 Å². The highest BCUT2D eigenvalue weighted by Gasteiger charge is 2.19. The zero-order valence-electron chi connectivity index (χ0n) is 53.0. The maximum atomic E-state index is 12.9. The second-order valence-corrected chi connectivity index (χ2v) is 22.3. The minimum Gasteiger partial charge on any atom is -0.462 e. The lowest BCUT2D eigenvalue weighted by molar-refractivity contribution is -0.167. The second-order valence-electron chi connectivity index (χ2n) is 22.3. The number of unbranched alkanes of at least 4 members (excludes halogenated alkanes) is 30. The lowest BCUT2D eigenvalue weighted by Gasteiger charge is -2.18. The summed E-state index contributed by atoms with van der Waals surface area (Å²) in [4.78, 5) is 38.4. The fourth-order valence-electron chi connectivity index (χ4n) is 9.40. The Bertz CT molecular complexity index is 1670. The number of carbonyl (C=O) groups excluding carboxylic acids is 3. The molecule has 0 rings (SSSR count). The van der Waals surface area contributed by atoms with E-state index in [1.54, 1.807) is 0 Å². The smallest absolute Gasteiger partial charge is 0.306 e. The average molecular weight is 1120 g/mol. The third-order valence-corrected chi connectivity index (χ3v) is 14.4. The normalized spacial score (nSPS) is 12.9. The molecule has 0 radical (unpaired) electrons. The van der Waals surface area contributed by atoms with Gasteiger partial charge in [-0.05, 0) is 128 Å². The molecule has 0 aromatic carbocycles. The van der Waals surface area contributed by atoms with Crippen molar-refractivity contribution >= 4 is 17.9 Å². The summed E-state index contributed by atoms with van der Waals surface area (Å²) < 4.78 is 17.0. The van der Waals surface area contributed by atoms with Crippen LogP contribution in [0.15, 0.2) is 122 Å². The first-order valence-electron chi connectivity index (χ1n) is 34.0. The number of hydrogen-bond acceptors (Lipinski definition) is 6. The molecule has 1 unspecified atom stereocenters. The maximum absolute atomic E-state index is 12.9. The molecule has 0 saturated heterocycles. The lowest BCUT2D eigenvalue weighted by atomic mass is 10.0. The maximum Gasteiger partial charge on any atom is 0.306 e. The summed E-state index contributed by atoms with van der Waals surface area (Å²) in [6, 6.07) is 0. The van der Waals surface area contributed by atoms with Crippen LogP contribution >= 0.6 is 0 Å². The van der Waals surface area contributed by atoms with E-state index in [9.17, 15) is 14.4 Å². The van der Waals surface area contributed by atoms with Crippen LogP contribution in [0.3, 0.4) is 0 Å². The third-order valence-electron chi connectivity index (χ3n) is 14.4. The summed E-state index contributed by atoms with van der Waals surface area (Å²) in [5.74, 6) is -0.902. The van der Waals surface area contributed by atoms with Crippen LogP contribution in [0.5, 0.6) is 0 Å². The molecule has 462 valence electrons. The summed E-state index contributed by atoms with van der Waals surface area (Å²) in [5, 5.41) is 0. The minimum absolute atomic E-state index is 0.0875. The first-order chi connectivity index (χ1) is 40.0. The quantitative estimate of drug-likeness (QED) is 0.0261. The third kappa shape index (κ3) is 66.5. The van der Waals surface area contributed by atoms with Crippen LogP contribution in [0.2, 0.25) is 0 Å². The van der Waals surface area contributed by atoms with Crippen LogP contribution in [-0.4, -0.2) is 37.2 Å². The van der Waals surface area contributed by atoms with E-state index in [4.69, 9.17) is 14.2 Å². The van der Waals surface area contributed by atoms with Gasteiger partial charge in [0.2, 0.25) is 0 Å². The monoisotopic (exact) mass is 1120 g/mol. The molecular formula is C75H126O6. The fourth-order valence-corrected chi connectivity index (χ4v) is 9.40. The number of hydrogen-bond donors (Lipinski definition) is 0. The Labute approximate surface area is 501 Å². The molecule has 0 aliphatic carbocycles. The predicted molar refractivity (Wildman–Crippen MR) is 353 cm³/mol. The van der Waals surface area contributed by atoms with Gasteiger partial charge in [0.1, 0.15) is 13.2 Å². The average Bonchev–Trinajstić information content (AvgIpc) is 3.47. The van der Waals surface area contributed by atoms with Gasteiger partial charge < -0.3 is 14.2 Å². The van der Waals surface area contributed by atoms with Crippen LogP contribution < -0.4 is 0 Å². The molecule has 0 fully saturated rings. The SMILES string of the molecule is CC/C=C\C/C=C\C/C=C\C/C=C\C/C=C\C/C=C\CCCCCCCCCCCCC(=O)OCC(COC(=O)CCCCCCC/C=C\C/C=C\C/C=C\CC)OC(=O)CCCCCCCCCCC/C=C\CCCCCCCC. The van der Waals surface area contributed by atoms with E-state index < -0.39 is 6.10 Å². The van der Waals surface area contributed by atoms with Gasteiger partial charge in [0.15, 0.2) is 6.10 Å². The molecule has 1 atom stereocenters. The van der Waals surface area contributed by atoms with Crippen molar-refractivity contribution in [2.24, 2.45) is 0 Å². The van der Waals surface area contributed by atoms with Crippen LogP contribution in [0.25, 0.3) is 0 Å². The van der Waals surface area contributed by atoms with Crippen LogP contribution in [-0.2, 0) is 28.6 Å². The van der Waals surface area contributed by atoms with Crippen LogP contribution in [0.4, 0.5) is 0 Å². The first-order valence-corrected chi connectivity index (χ1v) is 34.0. The van der Waals surface area contributed by atoms with Crippen molar-refractivity contribution in [3.8, 4) is 0 Å². The second kappa shape index (κ2) is 68.3. The zero-order valence-corrected chi connectivity index (χ0v) is 53.0.